The number of benzene rings is 1. The van der Waals surface area contributed by atoms with Crippen LogP contribution in [-0.2, 0) is 9.59 Å². The zero-order valence-corrected chi connectivity index (χ0v) is 13.7. The molecule has 2 aliphatic rings. The molecule has 1 aromatic rings. The number of nitrogens with zero attached hydrogens (tertiary/aromatic N) is 1. The smallest absolute Gasteiger partial charge is 0.227 e. The number of halogens is 2. The van der Waals surface area contributed by atoms with E-state index in [1.807, 2.05) is 17.0 Å². The molecule has 22 heavy (non-hydrogen) atoms. The topological polar surface area (TPSA) is 49.4 Å². The molecule has 0 aromatic heterocycles. The molecule has 1 aromatic carbocycles. The van der Waals surface area contributed by atoms with E-state index in [1.54, 1.807) is 6.07 Å². The van der Waals surface area contributed by atoms with E-state index in [1.165, 1.54) is 0 Å². The Morgan fingerprint density at radius 2 is 2.05 bits per heavy atom. The second-order valence-electron chi connectivity index (χ2n) is 5.90. The van der Waals surface area contributed by atoms with E-state index in [-0.39, 0.29) is 23.8 Å². The van der Waals surface area contributed by atoms with Crippen molar-refractivity contribution in [3.8, 4) is 0 Å². The van der Waals surface area contributed by atoms with E-state index in [9.17, 15) is 9.59 Å². The highest BCUT2D eigenvalue weighted by Crippen LogP contribution is 2.36. The highest BCUT2D eigenvalue weighted by molar-refractivity contribution is 6.42. The number of carbonyl (C=O) groups is 2. The van der Waals surface area contributed by atoms with Crippen molar-refractivity contribution in [2.45, 2.75) is 31.7 Å². The first-order valence-corrected chi connectivity index (χ1v) is 8.34. The van der Waals surface area contributed by atoms with Crippen molar-refractivity contribution in [2.75, 3.05) is 13.1 Å². The largest absolute Gasteiger partial charge is 0.355 e. The van der Waals surface area contributed by atoms with Crippen LogP contribution in [0.15, 0.2) is 18.2 Å². The third kappa shape index (κ3) is 3.08. The third-order valence-electron chi connectivity index (χ3n) is 4.48. The number of hydrogen-bond donors (Lipinski definition) is 1. The standard InChI is InChI=1S/C16H18Cl2N2O2/c17-12-5-3-10(8-13(12)18)14-2-1-7-20(14)16(22)11-4-6-15(21)19-9-11/h3,5,8,11,14H,1-2,4,6-7,9H2,(H,19,21)/t11-,14-/m0/s1. The van der Waals surface area contributed by atoms with Crippen molar-refractivity contribution in [3.05, 3.63) is 33.8 Å². The van der Waals surface area contributed by atoms with Gasteiger partial charge in [0, 0.05) is 19.5 Å². The number of piperidine rings is 1. The predicted octanol–water partition coefficient (Wildman–Crippen LogP) is 3.18. The molecule has 0 aliphatic carbocycles. The molecule has 4 nitrogen and oxygen atoms in total. The van der Waals surface area contributed by atoms with Crippen LogP contribution in [0.2, 0.25) is 10.0 Å². The lowest BCUT2D eigenvalue weighted by atomic mass is 9.96. The molecular formula is C16H18Cl2N2O2. The maximum atomic E-state index is 12.8. The molecule has 0 spiro atoms. The van der Waals surface area contributed by atoms with Crippen LogP contribution >= 0.6 is 23.2 Å². The SMILES string of the molecule is O=C1CC[C@H](C(=O)N2CCC[C@H]2c2ccc(Cl)c(Cl)c2)CN1. The number of hydrogen-bond acceptors (Lipinski definition) is 2. The molecule has 1 N–H and O–H groups in total. The molecular weight excluding hydrogens is 323 g/mol. The van der Waals surface area contributed by atoms with Crippen molar-refractivity contribution in [3.63, 3.8) is 0 Å². The van der Waals surface area contributed by atoms with Gasteiger partial charge in [0.2, 0.25) is 11.8 Å². The lowest BCUT2D eigenvalue weighted by Crippen LogP contribution is -2.44. The molecule has 2 saturated heterocycles. The Morgan fingerprint density at radius 1 is 1.23 bits per heavy atom. The predicted molar refractivity (Wildman–Crippen MR) is 85.9 cm³/mol. The summed E-state index contributed by atoms with van der Waals surface area (Å²) in [5.74, 6) is 0.0566. The number of rotatable bonds is 2. The fourth-order valence-corrected chi connectivity index (χ4v) is 3.58. The second kappa shape index (κ2) is 6.47. The number of likely N-dealkylation sites (tertiary alicyclic amines) is 1. The summed E-state index contributed by atoms with van der Waals surface area (Å²) in [6, 6.07) is 5.62. The minimum atomic E-state index is -0.110. The van der Waals surface area contributed by atoms with Crippen molar-refractivity contribution in [1.82, 2.24) is 10.2 Å². The Kier molecular flexibility index (Phi) is 4.59. The van der Waals surface area contributed by atoms with Gasteiger partial charge in [-0.15, -0.1) is 0 Å². The average molecular weight is 341 g/mol. The van der Waals surface area contributed by atoms with Gasteiger partial charge in [0.1, 0.15) is 0 Å². The normalized spacial score (nSPS) is 25.2. The molecule has 118 valence electrons. The summed E-state index contributed by atoms with van der Waals surface area (Å²) in [6.45, 7) is 1.20. The van der Waals surface area contributed by atoms with Crippen LogP contribution in [0, 0.1) is 5.92 Å². The van der Waals surface area contributed by atoms with Crippen molar-refractivity contribution in [1.29, 1.82) is 0 Å². The first-order chi connectivity index (χ1) is 10.6. The molecule has 0 unspecified atom stereocenters. The van der Waals surface area contributed by atoms with Crippen LogP contribution < -0.4 is 5.32 Å². The van der Waals surface area contributed by atoms with Gasteiger partial charge in [-0.05, 0) is 37.0 Å². The molecule has 2 fully saturated rings. The van der Waals surface area contributed by atoms with Crippen LogP contribution in [0.4, 0.5) is 0 Å². The minimum Gasteiger partial charge on any atom is -0.355 e. The Morgan fingerprint density at radius 3 is 2.73 bits per heavy atom. The monoisotopic (exact) mass is 340 g/mol. The van der Waals surface area contributed by atoms with Gasteiger partial charge in [-0.25, -0.2) is 0 Å². The Bertz CT molecular complexity index is 596. The first-order valence-electron chi connectivity index (χ1n) is 7.58. The Hall–Kier alpha value is -1.26. The fourth-order valence-electron chi connectivity index (χ4n) is 3.27. The third-order valence-corrected chi connectivity index (χ3v) is 5.22. The number of amides is 2. The van der Waals surface area contributed by atoms with E-state index in [2.05, 4.69) is 5.32 Å². The van der Waals surface area contributed by atoms with Gasteiger partial charge >= 0.3 is 0 Å². The minimum absolute atomic E-state index is 0.0338. The Labute approximate surface area is 139 Å². The Balaban J connectivity index is 1.76. The second-order valence-corrected chi connectivity index (χ2v) is 6.72. The van der Waals surface area contributed by atoms with E-state index in [4.69, 9.17) is 23.2 Å². The van der Waals surface area contributed by atoms with Crippen LogP contribution in [0.1, 0.15) is 37.3 Å². The van der Waals surface area contributed by atoms with Crippen molar-refractivity contribution < 1.29 is 9.59 Å². The first kappa shape index (κ1) is 15.6. The van der Waals surface area contributed by atoms with E-state index >= 15 is 0 Å². The zero-order chi connectivity index (χ0) is 15.7. The number of nitrogens with one attached hydrogen (secondary N) is 1. The van der Waals surface area contributed by atoms with Crippen LogP contribution in [0.3, 0.4) is 0 Å². The van der Waals surface area contributed by atoms with Gasteiger partial charge in [-0.1, -0.05) is 29.3 Å². The summed E-state index contributed by atoms with van der Waals surface area (Å²) in [6.07, 6.45) is 2.98. The molecule has 0 saturated carbocycles. The van der Waals surface area contributed by atoms with Crippen molar-refractivity contribution in [2.24, 2.45) is 5.92 Å². The molecule has 0 bridgehead atoms. The number of carbonyl (C=O) groups excluding carboxylic acids is 2. The van der Waals surface area contributed by atoms with Gasteiger partial charge in [0.15, 0.2) is 0 Å². The summed E-state index contributed by atoms with van der Waals surface area (Å²) in [5, 5.41) is 3.82. The van der Waals surface area contributed by atoms with E-state index in [0.29, 0.717) is 29.4 Å². The summed E-state index contributed by atoms with van der Waals surface area (Å²) < 4.78 is 0. The average Bonchev–Trinajstić information content (AvgIpc) is 2.99. The van der Waals surface area contributed by atoms with Crippen molar-refractivity contribution >= 4 is 35.0 Å². The van der Waals surface area contributed by atoms with Crippen LogP contribution in [0.25, 0.3) is 0 Å². The van der Waals surface area contributed by atoms with Gasteiger partial charge in [0.25, 0.3) is 0 Å². The zero-order valence-electron chi connectivity index (χ0n) is 12.1. The van der Waals surface area contributed by atoms with Crippen LogP contribution in [-0.4, -0.2) is 29.8 Å². The quantitative estimate of drug-likeness (QED) is 0.898. The maximum Gasteiger partial charge on any atom is 0.227 e. The molecule has 2 heterocycles. The molecule has 2 amide bonds. The molecule has 6 heteroatoms. The molecule has 3 rings (SSSR count). The molecule has 2 atom stereocenters. The molecule has 0 radical (unpaired) electrons. The van der Waals surface area contributed by atoms with Gasteiger partial charge < -0.3 is 10.2 Å². The van der Waals surface area contributed by atoms with Gasteiger partial charge in [0.05, 0.1) is 22.0 Å². The fraction of sp³-hybridized carbons (Fsp3) is 0.500. The summed E-state index contributed by atoms with van der Waals surface area (Å²) in [5.41, 5.74) is 1.03. The lowest BCUT2D eigenvalue weighted by Gasteiger charge is -2.31. The van der Waals surface area contributed by atoms with Gasteiger partial charge in [-0.2, -0.15) is 0 Å². The molecule has 2 aliphatic heterocycles. The van der Waals surface area contributed by atoms with Gasteiger partial charge in [-0.3, -0.25) is 9.59 Å². The summed E-state index contributed by atoms with van der Waals surface area (Å²) >= 11 is 12.1. The summed E-state index contributed by atoms with van der Waals surface area (Å²) in [4.78, 5) is 25.9. The maximum absolute atomic E-state index is 12.8. The van der Waals surface area contributed by atoms with Crippen LogP contribution in [0.5, 0.6) is 0 Å². The van der Waals surface area contributed by atoms with E-state index in [0.717, 1.165) is 24.9 Å². The van der Waals surface area contributed by atoms with E-state index < -0.39 is 0 Å². The highest BCUT2D eigenvalue weighted by Gasteiger charge is 2.35. The highest BCUT2D eigenvalue weighted by atomic mass is 35.5. The summed E-state index contributed by atoms with van der Waals surface area (Å²) in [7, 11) is 0. The lowest BCUT2D eigenvalue weighted by molar-refractivity contribution is -0.138.